The van der Waals surface area contributed by atoms with Gasteiger partial charge in [-0.05, 0) is 37.3 Å². The highest BCUT2D eigenvalue weighted by atomic mass is 19.1. The zero-order valence-electron chi connectivity index (χ0n) is 20.2. The molecule has 192 valence electrons. The fourth-order valence-corrected chi connectivity index (χ4v) is 3.65. The van der Waals surface area contributed by atoms with Crippen LogP contribution in [0.4, 0.5) is 10.3 Å². The minimum absolute atomic E-state index is 0.138. The molecule has 2 aromatic heterocycles. The Morgan fingerprint density at radius 3 is 2.67 bits per heavy atom. The topological polar surface area (TPSA) is 149 Å². The number of methoxy groups -OCH3 is 1. The number of nitrogens with zero attached hydrogens (tertiary/aromatic N) is 3. The van der Waals surface area contributed by atoms with E-state index >= 15 is 0 Å². The highest BCUT2D eigenvalue weighted by molar-refractivity contribution is 5.82. The number of rotatable bonds is 10. The molecule has 36 heavy (non-hydrogen) atoms. The summed E-state index contributed by atoms with van der Waals surface area (Å²) < 4.78 is 30.4. The summed E-state index contributed by atoms with van der Waals surface area (Å²) in [5.74, 6) is 0.290. The average Bonchev–Trinajstić information content (AvgIpc) is 3.34. The van der Waals surface area contributed by atoms with Gasteiger partial charge in [0.2, 0.25) is 18.1 Å². The van der Waals surface area contributed by atoms with Gasteiger partial charge in [0.05, 0.1) is 42.3 Å². The number of anilines is 1. The van der Waals surface area contributed by atoms with Crippen molar-refractivity contribution in [3.05, 3.63) is 48.2 Å². The van der Waals surface area contributed by atoms with Crippen molar-refractivity contribution in [1.82, 2.24) is 25.3 Å². The molecule has 1 aliphatic rings. The number of amides is 1. The number of nitrogens with one attached hydrogen (secondary N) is 3. The number of H-pyrrole nitrogens is 1. The van der Waals surface area contributed by atoms with Crippen LogP contribution >= 0.6 is 0 Å². The lowest BCUT2D eigenvalue weighted by Crippen LogP contribution is -2.49. The number of hydrogen-bond donors (Lipinski definition) is 4. The van der Waals surface area contributed by atoms with Crippen LogP contribution in [0.1, 0.15) is 19.0 Å². The molecule has 1 aromatic carbocycles. The second-order valence-corrected chi connectivity index (χ2v) is 8.60. The van der Waals surface area contributed by atoms with Gasteiger partial charge in [-0.2, -0.15) is 0 Å². The summed E-state index contributed by atoms with van der Waals surface area (Å²) in [5, 5.41) is 5.88. The minimum Gasteiger partial charge on any atom is -0.383 e. The minimum atomic E-state index is -0.852. The van der Waals surface area contributed by atoms with E-state index in [1.54, 1.807) is 38.4 Å². The largest absolute Gasteiger partial charge is 0.383 e. The Kier molecular flexibility index (Phi) is 8.21. The summed E-state index contributed by atoms with van der Waals surface area (Å²) in [5.41, 5.74) is 7.11. The molecule has 0 radical (unpaired) electrons. The van der Waals surface area contributed by atoms with E-state index in [-0.39, 0.29) is 24.9 Å². The predicted octanol–water partition coefficient (Wildman–Crippen LogP) is 1.86. The standard InChI is InChI=1S/C24H30FN7O4/c1-24(22(33)27-11-12-34-2)13-35-21(36-14-24)20-31-18(15-3-5-16(25)6-4-15)19(32-20)17-7-9-28-23(30-17)29-10-8-26/h3-7,9,21H,8,10-14,26H2,1-2H3,(H,27,33)(H,31,32)(H,28,29,30). The number of halogens is 1. The van der Waals surface area contributed by atoms with Gasteiger partial charge in [0, 0.05) is 38.5 Å². The van der Waals surface area contributed by atoms with Crippen LogP contribution in [-0.2, 0) is 19.0 Å². The lowest BCUT2D eigenvalue weighted by Gasteiger charge is -2.35. The van der Waals surface area contributed by atoms with Crippen molar-refractivity contribution in [2.24, 2.45) is 11.1 Å². The lowest BCUT2D eigenvalue weighted by atomic mass is 9.91. The molecule has 0 atom stereocenters. The van der Waals surface area contributed by atoms with Gasteiger partial charge < -0.3 is 35.6 Å². The highest BCUT2D eigenvalue weighted by Crippen LogP contribution is 2.35. The molecule has 1 aliphatic heterocycles. The summed E-state index contributed by atoms with van der Waals surface area (Å²) in [7, 11) is 1.57. The molecule has 3 heterocycles. The highest BCUT2D eigenvalue weighted by Gasteiger charge is 2.40. The van der Waals surface area contributed by atoms with Crippen LogP contribution in [0.25, 0.3) is 22.6 Å². The van der Waals surface area contributed by atoms with E-state index in [2.05, 4.69) is 25.6 Å². The first-order valence-corrected chi connectivity index (χ1v) is 11.6. The van der Waals surface area contributed by atoms with Crippen molar-refractivity contribution >= 4 is 11.9 Å². The molecular formula is C24H30FN7O4. The van der Waals surface area contributed by atoms with Crippen LogP contribution in [0.2, 0.25) is 0 Å². The Balaban J connectivity index is 1.59. The Bertz CT molecular complexity index is 1160. The second kappa shape index (κ2) is 11.5. The van der Waals surface area contributed by atoms with Gasteiger partial charge in [0.15, 0.2) is 5.82 Å². The normalized spacial score (nSPS) is 19.7. The molecule has 1 fully saturated rings. The lowest BCUT2D eigenvalue weighted by molar-refractivity contribution is -0.231. The molecule has 0 bridgehead atoms. The summed E-state index contributed by atoms with van der Waals surface area (Å²) in [4.78, 5) is 29.3. The number of benzene rings is 1. The van der Waals surface area contributed by atoms with E-state index in [9.17, 15) is 9.18 Å². The number of carbonyl (C=O) groups excluding carboxylic acids is 1. The third-order valence-corrected chi connectivity index (χ3v) is 5.65. The third-order valence-electron chi connectivity index (χ3n) is 5.65. The summed E-state index contributed by atoms with van der Waals surface area (Å²) in [6.07, 6.45) is 0.798. The quantitative estimate of drug-likeness (QED) is 0.307. The zero-order valence-corrected chi connectivity index (χ0v) is 20.2. The predicted molar refractivity (Wildman–Crippen MR) is 130 cm³/mol. The number of hydrogen-bond acceptors (Lipinski definition) is 9. The zero-order chi connectivity index (χ0) is 25.5. The van der Waals surface area contributed by atoms with E-state index in [1.165, 1.54) is 12.1 Å². The number of nitrogens with two attached hydrogens (primary N) is 1. The molecule has 4 rings (SSSR count). The Labute approximate surface area is 208 Å². The van der Waals surface area contributed by atoms with Crippen LogP contribution in [0.3, 0.4) is 0 Å². The Morgan fingerprint density at radius 1 is 1.22 bits per heavy atom. The Hall–Kier alpha value is -3.45. The van der Waals surface area contributed by atoms with Crippen molar-refractivity contribution in [3.8, 4) is 22.6 Å². The van der Waals surface area contributed by atoms with Gasteiger partial charge in [0.1, 0.15) is 5.82 Å². The Morgan fingerprint density at radius 2 is 1.97 bits per heavy atom. The molecule has 1 saturated heterocycles. The molecular weight excluding hydrogens is 469 g/mol. The fraction of sp³-hybridized carbons (Fsp3) is 0.417. The van der Waals surface area contributed by atoms with E-state index in [4.69, 9.17) is 24.9 Å². The molecule has 12 heteroatoms. The van der Waals surface area contributed by atoms with Gasteiger partial charge in [-0.1, -0.05) is 0 Å². The van der Waals surface area contributed by atoms with Gasteiger partial charge in [-0.3, -0.25) is 4.79 Å². The SMILES string of the molecule is COCCNC(=O)C1(C)COC(c2nc(-c3ccc(F)cc3)c(-c3ccnc(NCCN)n3)[nH]2)OC1. The van der Waals surface area contributed by atoms with E-state index < -0.39 is 11.7 Å². The van der Waals surface area contributed by atoms with Crippen molar-refractivity contribution in [2.45, 2.75) is 13.2 Å². The molecule has 1 amide bonds. The second-order valence-electron chi connectivity index (χ2n) is 8.60. The molecule has 0 spiro atoms. The maximum absolute atomic E-state index is 13.6. The van der Waals surface area contributed by atoms with Gasteiger partial charge >= 0.3 is 0 Å². The maximum atomic E-state index is 13.6. The molecule has 0 unspecified atom stereocenters. The maximum Gasteiger partial charge on any atom is 0.230 e. The smallest absolute Gasteiger partial charge is 0.230 e. The fourth-order valence-electron chi connectivity index (χ4n) is 3.65. The third kappa shape index (κ3) is 5.85. The molecule has 5 N–H and O–H groups in total. The number of ether oxygens (including phenoxy) is 3. The van der Waals surface area contributed by atoms with Gasteiger partial charge in [0.25, 0.3) is 0 Å². The van der Waals surface area contributed by atoms with Crippen molar-refractivity contribution in [2.75, 3.05) is 51.9 Å². The van der Waals surface area contributed by atoms with Crippen molar-refractivity contribution in [3.63, 3.8) is 0 Å². The van der Waals surface area contributed by atoms with Crippen LogP contribution in [-0.4, -0.2) is 72.4 Å². The van der Waals surface area contributed by atoms with E-state index in [0.717, 1.165) is 0 Å². The summed E-state index contributed by atoms with van der Waals surface area (Å²) >= 11 is 0. The first kappa shape index (κ1) is 25.6. The van der Waals surface area contributed by atoms with Crippen molar-refractivity contribution in [1.29, 1.82) is 0 Å². The monoisotopic (exact) mass is 499 g/mol. The van der Waals surface area contributed by atoms with Gasteiger partial charge in [-0.15, -0.1) is 0 Å². The molecule has 0 saturated carbocycles. The summed E-state index contributed by atoms with van der Waals surface area (Å²) in [6.45, 7) is 3.82. The number of carbonyl (C=O) groups is 1. The molecule has 0 aliphatic carbocycles. The van der Waals surface area contributed by atoms with E-state index in [1.807, 2.05) is 0 Å². The van der Waals surface area contributed by atoms with Crippen LogP contribution < -0.4 is 16.4 Å². The van der Waals surface area contributed by atoms with Crippen LogP contribution in [0.5, 0.6) is 0 Å². The number of aromatic nitrogens is 4. The molecule has 3 aromatic rings. The molecule has 11 nitrogen and oxygen atoms in total. The summed E-state index contributed by atoms with van der Waals surface area (Å²) in [6, 6.07) is 7.74. The number of aromatic amines is 1. The first-order valence-electron chi connectivity index (χ1n) is 11.6. The van der Waals surface area contributed by atoms with Gasteiger partial charge in [-0.25, -0.2) is 19.3 Å². The van der Waals surface area contributed by atoms with Crippen LogP contribution in [0.15, 0.2) is 36.5 Å². The van der Waals surface area contributed by atoms with Crippen LogP contribution in [0, 0.1) is 11.2 Å². The average molecular weight is 500 g/mol. The first-order chi connectivity index (χ1) is 17.4. The number of imidazole rings is 1. The van der Waals surface area contributed by atoms with Crippen molar-refractivity contribution < 1.29 is 23.4 Å². The van der Waals surface area contributed by atoms with E-state index in [0.29, 0.717) is 60.7 Å².